The Labute approximate surface area is 144 Å². The fourth-order valence-corrected chi connectivity index (χ4v) is 3.31. The number of nitrogen functional groups attached to an aromatic ring is 1. The topological polar surface area (TPSA) is 107 Å². The van der Waals surface area contributed by atoms with E-state index in [2.05, 4.69) is 20.9 Å². The summed E-state index contributed by atoms with van der Waals surface area (Å²) in [6.45, 7) is 4.26. The molecular weight excluding hydrogens is 326 g/mol. The molecule has 2 aromatic rings. The van der Waals surface area contributed by atoms with Gasteiger partial charge in [-0.1, -0.05) is 5.92 Å². The molecule has 4 heterocycles. The lowest BCUT2D eigenvalue weighted by Crippen LogP contribution is -2.33. The number of ether oxygens (including phenoxy) is 4. The molecule has 0 aromatic carbocycles. The molecule has 0 saturated carbocycles. The van der Waals surface area contributed by atoms with Crippen LogP contribution in [0, 0.1) is 12.3 Å². The van der Waals surface area contributed by atoms with Gasteiger partial charge in [0.25, 0.3) is 0 Å². The van der Waals surface area contributed by atoms with E-state index in [9.17, 15) is 0 Å². The third kappa shape index (κ3) is 2.73. The Hall–Kier alpha value is -2.25. The summed E-state index contributed by atoms with van der Waals surface area (Å²) in [4.78, 5) is 12.5. The second-order valence-corrected chi connectivity index (χ2v) is 6.43. The van der Waals surface area contributed by atoms with Gasteiger partial charge in [-0.25, -0.2) is 15.0 Å². The predicted molar refractivity (Wildman–Crippen MR) is 87.1 cm³/mol. The van der Waals surface area contributed by atoms with Crippen molar-refractivity contribution >= 4 is 17.0 Å². The van der Waals surface area contributed by atoms with Gasteiger partial charge in [-0.2, -0.15) is 0 Å². The molecule has 0 aliphatic carbocycles. The molecule has 2 saturated heterocycles. The van der Waals surface area contributed by atoms with E-state index in [1.807, 2.05) is 13.8 Å². The molecule has 9 heteroatoms. The zero-order valence-corrected chi connectivity index (χ0v) is 14.0. The smallest absolute Gasteiger partial charge is 0.167 e. The first-order chi connectivity index (χ1) is 12.0. The predicted octanol–water partition coefficient (Wildman–Crippen LogP) is 0.476. The van der Waals surface area contributed by atoms with Crippen molar-refractivity contribution in [3.63, 3.8) is 0 Å². The Balaban J connectivity index is 1.66. The highest BCUT2D eigenvalue weighted by molar-refractivity contribution is 5.81. The highest BCUT2D eigenvalue weighted by Crippen LogP contribution is 2.43. The summed E-state index contributed by atoms with van der Waals surface area (Å²) in [6.07, 6.45) is 6.85. The van der Waals surface area contributed by atoms with Crippen molar-refractivity contribution in [2.75, 3.05) is 18.9 Å². The number of anilines is 1. The maximum absolute atomic E-state index is 6.14. The quantitative estimate of drug-likeness (QED) is 0.630. The molecule has 0 bridgehead atoms. The first-order valence-electron chi connectivity index (χ1n) is 7.95. The number of terminal acetylenes is 1. The second kappa shape index (κ2) is 5.93. The minimum atomic E-state index is -0.716. The molecular formula is C16H19N5O4. The van der Waals surface area contributed by atoms with Crippen LogP contribution in [-0.2, 0) is 18.9 Å². The van der Waals surface area contributed by atoms with Crippen LogP contribution in [0.2, 0.25) is 0 Å². The van der Waals surface area contributed by atoms with Crippen LogP contribution in [0.3, 0.4) is 0 Å². The molecule has 4 rings (SSSR count). The van der Waals surface area contributed by atoms with E-state index in [0.717, 1.165) is 0 Å². The monoisotopic (exact) mass is 345 g/mol. The van der Waals surface area contributed by atoms with Gasteiger partial charge in [0, 0.05) is 0 Å². The molecule has 0 radical (unpaired) electrons. The van der Waals surface area contributed by atoms with Crippen LogP contribution in [0.4, 0.5) is 5.82 Å². The first kappa shape index (κ1) is 16.2. The maximum Gasteiger partial charge on any atom is 0.167 e. The summed E-state index contributed by atoms with van der Waals surface area (Å²) in [5.74, 6) is 2.04. The fourth-order valence-electron chi connectivity index (χ4n) is 3.31. The Kier molecular flexibility index (Phi) is 3.85. The van der Waals surface area contributed by atoms with Crippen molar-refractivity contribution in [3.8, 4) is 12.3 Å². The largest absolute Gasteiger partial charge is 0.382 e. The summed E-state index contributed by atoms with van der Waals surface area (Å²) in [5.41, 5.74) is 6.96. The zero-order chi connectivity index (χ0) is 17.6. The minimum absolute atomic E-state index is 0.212. The van der Waals surface area contributed by atoms with Gasteiger partial charge in [0.15, 0.2) is 23.5 Å². The highest BCUT2D eigenvalue weighted by Gasteiger charge is 2.56. The minimum Gasteiger partial charge on any atom is -0.382 e. The molecule has 2 fully saturated rings. The van der Waals surface area contributed by atoms with E-state index in [-0.39, 0.29) is 24.9 Å². The maximum atomic E-state index is 6.14. The number of nitrogens with zero attached hydrogens (tertiary/aromatic N) is 4. The Morgan fingerprint density at radius 1 is 1.32 bits per heavy atom. The highest BCUT2D eigenvalue weighted by atomic mass is 16.8. The molecule has 2 aromatic heterocycles. The Morgan fingerprint density at radius 2 is 2.12 bits per heavy atom. The van der Waals surface area contributed by atoms with E-state index in [1.54, 1.807) is 10.9 Å². The van der Waals surface area contributed by atoms with Gasteiger partial charge in [-0.3, -0.25) is 4.57 Å². The molecule has 25 heavy (non-hydrogen) atoms. The van der Waals surface area contributed by atoms with Gasteiger partial charge < -0.3 is 24.7 Å². The summed E-state index contributed by atoms with van der Waals surface area (Å²) in [5, 5.41) is 0. The van der Waals surface area contributed by atoms with Crippen molar-refractivity contribution in [3.05, 3.63) is 12.7 Å². The van der Waals surface area contributed by atoms with Crippen LogP contribution in [0.15, 0.2) is 12.7 Å². The van der Waals surface area contributed by atoms with Crippen LogP contribution in [0.25, 0.3) is 11.2 Å². The van der Waals surface area contributed by atoms with Crippen molar-refractivity contribution < 1.29 is 18.9 Å². The lowest BCUT2D eigenvalue weighted by molar-refractivity contribution is -0.201. The molecule has 132 valence electrons. The summed E-state index contributed by atoms with van der Waals surface area (Å²) >= 11 is 0. The van der Waals surface area contributed by atoms with Crippen molar-refractivity contribution in [1.82, 2.24) is 19.5 Å². The van der Waals surface area contributed by atoms with Crippen molar-refractivity contribution in [1.29, 1.82) is 0 Å². The first-order valence-corrected chi connectivity index (χ1v) is 7.95. The number of imidazole rings is 1. The average molecular weight is 345 g/mol. The number of rotatable bonds is 4. The molecule has 2 N–H and O–H groups in total. The van der Waals surface area contributed by atoms with Crippen LogP contribution < -0.4 is 5.73 Å². The average Bonchev–Trinajstić information content (AvgIpc) is 3.20. The molecule has 0 unspecified atom stereocenters. The van der Waals surface area contributed by atoms with E-state index >= 15 is 0 Å². The normalized spacial score (nSPS) is 30.4. The fraction of sp³-hybridized carbons (Fsp3) is 0.562. The van der Waals surface area contributed by atoms with Crippen LogP contribution in [-0.4, -0.2) is 56.8 Å². The van der Waals surface area contributed by atoms with Gasteiger partial charge in [-0.15, -0.1) is 6.42 Å². The molecule has 2 aliphatic heterocycles. The van der Waals surface area contributed by atoms with Crippen LogP contribution in [0.5, 0.6) is 0 Å². The van der Waals surface area contributed by atoms with Crippen molar-refractivity contribution in [2.45, 2.75) is 44.2 Å². The number of hydrogen-bond acceptors (Lipinski definition) is 8. The van der Waals surface area contributed by atoms with Crippen LogP contribution >= 0.6 is 0 Å². The number of fused-ring (bicyclic) bond motifs is 2. The molecule has 0 amide bonds. The van der Waals surface area contributed by atoms with Gasteiger partial charge >= 0.3 is 0 Å². The number of nitrogens with two attached hydrogens (primary N) is 1. The van der Waals surface area contributed by atoms with Gasteiger partial charge in [-0.05, 0) is 13.8 Å². The zero-order valence-electron chi connectivity index (χ0n) is 14.0. The molecule has 9 nitrogen and oxygen atoms in total. The van der Waals surface area contributed by atoms with E-state index in [4.69, 9.17) is 31.1 Å². The lowest BCUT2D eigenvalue weighted by atomic mass is 10.1. The third-order valence-electron chi connectivity index (χ3n) is 4.25. The Bertz CT molecular complexity index is 830. The lowest BCUT2D eigenvalue weighted by Gasteiger charge is -2.24. The standard InChI is InChI=1S/C16H19N5O4/c1-4-5-22-6-9-11-12(25-16(2,3)24-11)15(23-9)21-8-20-10-13(17)18-7-19-14(10)21/h1,7-9,11-12,15H,5-6H2,2-3H3,(H2,17,18,19)/t9-,11-,12-,15-/m1/s1. The summed E-state index contributed by atoms with van der Waals surface area (Å²) < 4.78 is 25.4. The third-order valence-corrected chi connectivity index (χ3v) is 4.25. The van der Waals surface area contributed by atoms with Gasteiger partial charge in [0.2, 0.25) is 0 Å². The Morgan fingerprint density at radius 3 is 2.92 bits per heavy atom. The second-order valence-electron chi connectivity index (χ2n) is 6.43. The van der Waals surface area contributed by atoms with E-state index in [1.165, 1.54) is 6.33 Å². The molecule has 4 atom stereocenters. The molecule has 0 spiro atoms. The molecule has 2 aliphatic rings. The summed E-state index contributed by atoms with van der Waals surface area (Å²) in [6, 6.07) is 0. The van der Waals surface area contributed by atoms with Gasteiger partial charge in [0.1, 0.15) is 36.8 Å². The van der Waals surface area contributed by atoms with E-state index in [0.29, 0.717) is 23.6 Å². The van der Waals surface area contributed by atoms with Crippen molar-refractivity contribution in [2.24, 2.45) is 0 Å². The number of hydrogen-bond donors (Lipinski definition) is 1. The van der Waals surface area contributed by atoms with Crippen LogP contribution in [0.1, 0.15) is 20.1 Å². The van der Waals surface area contributed by atoms with Gasteiger partial charge in [0.05, 0.1) is 12.9 Å². The SMILES string of the molecule is C#CCOC[C@H]1O[C@@H](n2cnc3c(N)ncnc32)[C@@H]2OC(C)(C)O[C@@H]21. The summed E-state index contributed by atoms with van der Waals surface area (Å²) in [7, 11) is 0. The van der Waals surface area contributed by atoms with E-state index < -0.39 is 12.0 Å². The number of aromatic nitrogens is 4.